The van der Waals surface area contributed by atoms with Crippen molar-refractivity contribution in [3.8, 4) is 0 Å². The van der Waals surface area contributed by atoms with Gasteiger partial charge in [-0.3, -0.25) is 0 Å². The van der Waals surface area contributed by atoms with Crippen molar-refractivity contribution in [1.29, 1.82) is 0 Å². The van der Waals surface area contributed by atoms with Gasteiger partial charge in [0.1, 0.15) is 6.04 Å². The van der Waals surface area contributed by atoms with Gasteiger partial charge in [-0.15, -0.1) is 0 Å². The van der Waals surface area contributed by atoms with Gasteiger partial charge in [0.25, 0.3) is 0 Å². The van der Waals surface area contributed by atoms with Crippen molar-refractivity contribution in [2.75, 3.05) is 5.32 Å². The first-order valence-corrected chi connectivity index (χ1v) is 5.88. The molecule has 0 saturated heterocycles. The van der Waals surface area contributed by atoms with E-state index in [9.17, 15) is 9.59 Å². The van der Waals surface area contributed by atoms with Crippen LogP contribution in [-0.4, -0.2) is 23.1 Å². The van der Waals surface area contributed by atoms with Crippen molar-refractivity contribution >= 4 is 33.6 Å². The largest absolute Gasteiger partial charge is 0.480 e. The zero-order valence-electron chi connectivity index (χ0n) is 9.24. The summed E-state index contributed by atoms with van der Waals surface area (Å²) in [6.07, 6.45) is 0.336. The number of rotatable bonds is 4. The molecule has 1 aromatic carbocycles. The van der Waals surface area contributed by atoms with Crippen LogP contribution in [-0.2, 0) is 4.79 Å². The lowest BCUT2D eigenvalue weighted by Gasteiger charge is -2.13. The van der Waals surface area contributed by atoms with Gasteiger partial charge in [-0.25, -0.2) is 9.59 Å². The Morgan fingerprint density at radius 1 is 1.35 bits per heavy atom. The van der Waals surface area contributed by atoms with Gasteiger partial charge < -0.3 is 15.7 Å². The molecule has 1 aromatic rings. The van der Waals surface area contributed by atoms with E-state index in [0.717, 1.165) is 4.47 Å². The maximum absolute atomic E-state index is 11.5. The van der Waals surface area contributed by atoms with Gasteiger partial charge in [0.2, 0.25) is 0 Å². The third-order valence-corrected chi connectivity index (χ3v) is 2.64. The molecule has 2 amide bonds. The van der Waals surface area contributed by atoms with Crippen molar-refractivity contribution in [2.24, 2.45) is 0 Å². The van der Waals surface area contributed by atoms with Crippen LogP contribution < -0.4 is 10.6 Å². The Kier molecular flexibility index (Phi) is 4.96. The molecule has 3 N–H and O–H groups in total. The molecule has 17 heavy (non-hydrogen) atoms. The fraction of sp³-hybridized carbons (Fsp3) is 0.273. The van der Waals surface area contributed by atoms with Gasteiger partial charge in [0, 0.05) is 10.2 Å². The van der Waals surface area contributed by atoms with Gasteiger partial charge in [0.15, 0.2) is 0 Å². The molecule has 1 rings (SSSR count). The van der Waals surface area contributed by atoms with Crippen LogP contribution in [0.5, 0.6) is 0 Å². The first-order valence-electron chi connectivity index (χ1n) is 5.08. The zero-order chi connectivity index (χ0) is 12.8. The third kappa shape index (κ3) is 4.44. The minimum atomic E-state index is -1.04. The third-order valence-electron chi connectivity index (χ3n) is 2.11. The number of hydrogen-bond acceptors (Lipinski definition) is 2. The molecule has 0 fully saturated rings. The van der Waals surface area contributed by atoms with Crippen molar-refractivity contribution in [3.05, 3.63) is 28.7 Å². The van der Waals surface area contributed by atoms with E-state index in [1.165, 1.54) is 0 Å². The second kappa shape index (κ2) is 6.24. The highest BCUT2D eigenvalue weighted by Crippen LogP contribution is 2.13. The minimum absolute atomic E-state index is 0.336. The molecule has 92 valence electrons. The monoisotopic (exact) mass is 300 g/mol. The molecule has 0 spiro atoms. The van der Waals surface area contributed by atoms with Crippen LogP contribution in [0.4, 0.5) is 10.5 Å². The smallest absolute Gasteiger partial charge is 0.326 e. The zero-order valence-corrected chi connectivity index (χ0v) is 10.8. The number of amides is 2. The van der Waals surface area contributed by atoms with Crippen LogP contribution in [0.15, 0.2) is 28.7 Å². The normalized spacial score (nSPS) is 11.6. The summed E-state index contributed by atoms with van der Waals surface area (Å²) in [6, 6.07) is 5.59. The quantitative estimate of drug-likeness (QED) is 0.799. The molecule has 0 bridgehead atoms. The highest BCUT2D eigenvalue weighted by atomic mass is 79.9. The number of benzene rings is 1. The van der Waals surface area contributed by atoms with Gasteiger partial charge in [-0.1, -0.05) is 22.9 Å². The fourth-order valence-corrected chi connectivity index (χ4v) is 1.46. The second-order valence-electron chi connectivity index (χ2n) is 3.40. The van der Waals surface area contributed by atoms with Crippen molar-refractivity contribution in [1.82, 2.24) is 5.32 Å². The summed E-state index contributed by atoms with van der Waals surface area (Å²) in [4.78, 5) is 22.2. The van der Waals surface area contributed by atoms with Crippen LogP contribution >= 0.6 is 15.9 Å². The number of halogens is 1. The lowest BCUT2D eigenvalue weighted by Crippen LogP contribution is -2.42. The first-order chi connectivity index (χ1) is 8.02. The van der Waals surface area contributed by atoms with E-state index in [-0.39, 0.29) is 0 Å². The van der Waals surface area contributed by atoms with Crippen LogP contribution in [0.25, 0.3) is 0 Å². The predicted molar refractivity (Wildman–Crippen MR) is 68.0 cm³/mol. The molecule has 0 saturated carbocycles. The number of hydrogen-bond donors (Lipinski definition) is 3. The van der Waals surface area contributed by atoms with Crippen LogP contribution in [0.3, 0.4) is 0 Å². The van der Waals surface area contributed by atoms with Gasteiger partial charge in [-0.05, 0) is 30.7 Å². The van der Waals surface area contributed by atoms with E-state index in [1.807, 2.05) is 0 Å². The Balaban J connectivity index is 2.54. The second-order valence-corrected chi connectivity index (χ2v) is 4.32. The first kappa shape index (κ1) is 13.5. The molecule has 0 aromatic heterocycles. The highest BCUT2D eigenvalue weighted by molar-refractivity contribution is 9.10. The molecular formula is C11H13BrN2O3. The molecule has 5 nitrogen and oxygen atoms in total. The number of aliphatic carboxylic acids is 1. The van der Waals surface area contributed by atoms with E-state index < -0.39 is 18.0 Å². The Morgan fingerprint density at radius 2 is 1.94 bits per heavy atom. The lowest BCUT2D eigenvalue weighted by atomic mass is 10.2. The molecule has 0 radical (unpaired) electrons. The molecule has 0 aliphatic heterocycles. The number of anilines is 1. The molecule has 6 heteroatoms. The average Bonchev–Trinajstić information content (AvgIpc) is 2.28. The van der Waals surface area contributed by atoms with Crippen LogP contribution in [0.1, 0.15) is 13.3 Å². The number of carboxylic acid groups (broad SMARTS) is 1. The summed E-state index contributed by atoms with van der Waals surface area (Å²) in [5.74, 6) is -1.04. The summed E-state index contributed by atoms with van der Waals surface area (Å²) in [5, 5.41) is 13.7. The maximum atomic E-state index is 11.5. The maximum Gasteiger partial charge on any atom is 0.326 e. The summed E-state index contributed by atoms with van der Waals surface area (Å²) in [7, 11) is 0. The number of urea groups is 1. The molecular weight excluding hydrogens is 288 g/mol. The van der Waals surface area contributed by atoms with Crippen molar-refractivity contribution in [3.63, 3.8) is 0 Å². The average molecular weight is 301 g/mol. The predicted octanol–water partition coefficient (Wildman–Crippen LogP) is 2.43. The lowest BCUT2D eigenvalue weighted by molar-refractivity contribution is -0.139. The van der Waals surface area contributed by atoms with Crippen LogP contribution in [0.2, 0.25) is 0 Å². The summed E-state index contributed by atoms with van der Waals surface area (Å²) >= 11 is 3.28. The fourth-order valence-electron chi connectivity index (χ4n) is 1.20. The molecule has 0 aliphatic carbocycles. The number of carboxylic acids is 1. The Hall–Kier alpha value is -1.56. The highest BCUT2D eigenvalue weighted by Gasteiger charge is 2.17. The Bertz CT molecular complexity index is 406. The van der Waals surface area contributed by atoms with Gasteiger partial charge in [-0.2, -0.15) is 0 Å². The summed E-state index contributed by atoms with van der Waals surface area (Å²) < 4.78 is 0.903. The number of carbonyl (C=O) groups is 2. The molecule has 0 unspecified atom stereocenters. The van der Waals surface area contributed by atoms with Gasteiger partial charge >= 0.3 is 12.0 Å². The standard InChI is InChI=1S/C11H13BrN2O3/c1-2-9(10(15)16)14-11(17)13-8-5-3-7(12)4-6-8/h3-6,9H,2H2,1H3,(H,15,16)(H2,13,14,17)/t9-/m1/s1. The summed E-state index contributed by atoms with van der Waals surface area (Å²) in [6.45, 7) is 1.69. The Morgan fingerprint density at radius 3 is 2.41 bits per heavy atom. The molecule has 0 heterocycles. The van der Waals surface area contributed by atoms with Gasteiger partial charge in [0.05, 0.1) is 0 Å². The minimum Gasteiger partial charge on any atom is -0.480 e. The SMILES string of the molecule is CC[C@@H](NC(=O)Nc1ccc(Br)cc1)C(=O)O. The topological polar surface area (TPSA) is 78.4 Å². The van der Waals surface area contributed by atoms with E-state index in [4.69, 9.17) is 5.11 Å². The van der Waals surface area contributed by atoms with Crippen molar-refractivity contribution in [2.45, 2.75) is 19.4 Å². The van der Waals surface area contributed by atoms with Crippen LogP contribution in [0, 0.1) is 0 Å². The molecule has 0 aliphatic rings. The van der Waals surface area contributed by atoms with E-state index in [1.54, 1.807) is 31.2 Å². The molecule has 1 atom stereocenters. The number of carbonyl (C=O) groups excluding carboxylic acids is 1. The summed E-state index contributed by atoms with van der Waals surface area (Å²) in [5.41, 5.74) is 0.603. The van der Waals surface area contributed by atoms with E-state index in [0.29, 0.717) is 12.1 Å². The van der Waals surface area contributed by atoms with E-state index >= 15 is 0 Å². The van der Waals surface area contributed by atoms with E-state index in [2.05, 4.69) is 26.6 Å². The Labute approximate surface area is 107 Å². The van der Waals surface area contributed by atoms with Crippen molar-refractivity contribution < 1.29 is 14.7 Å². The number of nitrogens with one attached hydrogen (secondary N) is 2.